The molecule has 27 heavy (non-hydrogen) atoms. The van der Waals surface area contributed by atoms with Crippen LogP contribution in [0.25, 0.3) is 0 Å². The lowest BCUT2D eigenvalue weighted by Gasteiger charge is -2.29. The fourth-order valence-electron chi connectivity index (χ4n) is 3.04. The molecule has 0 atom stereocenters. The number of hydrogen-bond acceptors (Lipinski definition) is 2. The predicted molar refractivity (Wildman–Crippen MR) is 110 cm³/mol. The summed E-state index contributed by atoms with van der Waals surface area (Å²) in [6, 6.07) is 6.43. The lowest BCUT2D eigenvalue weighted by molar-refractivity contribution is -0.882. The number of nitrogens with zero attached hydrogens (tertiary/aromatic N) is 1. The summed E-state index contributed by atoms with van der Waals surface area (Å²) in [5, 5.41) is 3.03. The maximum absolute atomic E-state index is 12.1. The van der Waals surface area contributed by atoms with Crippen molar-refractivity contribution in [2.75, 3.05) is 40.3 Å². The van der Waals surface area contributed by atoms with E-state index >= 15 is 0 Å². The van der Waals surface area contributed by atoms with E-state index in [4.69, 9.17) is 4.74 Å². The van der Waals surface area contributed by atoms with Crippen LogP contribution < -0.4 is 27.0 Å². The summed E-state index contributed by atoms with van der Waals surface area (Å²) in [5.41, 5.74) is 2.48. The Hall–Kier alpha value is -1.07. The molecule has 0 aromatic heterocycles. The van der Waals surface area contributed by atoms with Gasteiger partial charge in [0.05, 0.1) is 27.2 Å². The number of amides is 1. The summed E-state index contributed by atoms with van der Waals surface area (Å²) < 4.78 is 6.75. The molecular weight excluding hydrogens is 404 g/mol. The number of aryl methyl sites for hydroxylation is 1. The normalized spacial score (nSPS) is 11.2. The summed E-state index contributed by atoms with van der Waals surface area (Å²) in [4.78, 5) is 12.1. The minimum atomic E-state index is 0. The number of carbonyl (C=O) groups is 1. The average Bonchev–Trinajstić information content (AvgIpc) is 2.55. The van der Waals surface area contributed by atoms with Crippen LogP contribution >= 0.6 is 0 Å². The minimum Gasteiger partial charge on any atom is -1.00 e. The van der Waals surface area contributed by atoms with Crippen LogP contribution in [0.1, 0.15) is 63.5 Å². The van der Waals surface area contributed by atoms with Crippen molar-refractivity contribution in [2.45, 2.75) is 59.3 Å². The van der Waals surface area contributed by atoms with Gasteiger partial charge in [-0.05, 0) is 36.5 Å². The summed E-state index contributed by atoms with van der Waals surface area (Å²) in [7, 11) is 4.22. The smallest absolute Gasteiger partial charge is 0.275 e. The third kappa shape index (κ3) is 10.7. The molecule has 0 fully saturated rings. The lowest BCUT2D eigenvalue weighted by atomic mass is 10.0. The van der Waals surface area contributed by atoms with Gasteiger partial charge in [0.1, 0.15) is 5.75 Å². The zero-order valence-electron chi connectivity index (χ0n) is 18.1. The molecule has 0 saturated heterocycles. The molecule has 0 aliphatic carbocycles. The first-order valence-electron chi connectivity index (χ1n) is 10.1. The third-order valence-electron chi connectivity index (χ3n) is 4.63. The van der Waals surface area contributed by atoms with E-state index in [9.17, 15) is 4.79 Å². The number of halogens is 1. The topological polar surface area (TPSA) is 38.3 Å². The zero-order chi connectivity index (χ0) is 19.6. The van der Waals surface area contributed by atoms with Crippen molar-refractivity contribution in [3.8, 4) is 5.75 Å². The Labute approximate surface area is 177 Å². The summed E-state index contributed by atoms with van der Waals surface area (Å²) in [5.74, 6) is 1.60. The number of likely N-dealkylation sites (N-methyl/N-ethyl adjacent to an activating group) is 1. The molecule has 1 rings (SSSR count). The van der Waals surface area contributed by atoms with Crippen LogP contribution in [0.5, 0.6) is 5.75 Å². The van der Waals surface area contributed by atoms with Crippen LogP contribution in [0.15, 0.2) is 18.2 Å². The van der Waals surface area contributed by atoms with Crippen molar-refractivity contribution in [3.63, 3.8) is 0 Å². The maximum atomic E-state index is 12.1. The van der Waals surface area contributed by atoms with Gasteiger partial charge in [0.25, 0.3) is 5.91 Å². The van der Waals surface area contributed by atoms with Crippen LogP contribution in [-0.4, -0.2) is 50.7 Å². The first-order chi connectivity index (χ1) is 12.2. The van der Waals surface area contributed by atoms with Crippen LogP contribution in [0, 0.1) is 6.92 Å². The molecular formula is C22H39BrN2O2. The fraction of sp³-hybridized carbons (Fsp3) is 0.682. The van der Waals surface area contributed by atoms with E-state index in [0.29, 0.717) is 23.6 Å². The van der Waals surface area contributed by atoms with E-state index in [-0.39, 0.29) is 22.9 Å². The Morgan fingerprint density at radius 2 is 1.89 bits per heavy atom. The van der Waals surface area contributed by atoms with Gasteiger partial charge in [0.2, 0.25) is 0 Å². The van der Waals surface area contributed by atoms with Crippen molar-refractivity contribution in [1.29, 1.82) is 0 Å². The van der Waals surface area contributed by atoms with Gasteiger partial charge in [0.15, 0.2) is 6.54 Å². The molecule has 0 radical (unpaired) electrons. The molecule has 4 nitrogen and oxygen atoms in total. The first kappa shape index (κ1) is 25.9. The standard InChI is InChI=1S/C22H38N2O2.BrH/c1-7-8-9-13-23-22(25)17-24(5,6)14-10-15-26-21-16-19(4)11-12-20(21)18(2)3;/h11-12,16,18H,7-10,13-15,17H2,1-6H3;1H. The second-order valence-corrected chi connectivity index (χ2v) is 8.27. The molecule has 156 valence electrons. The lowest BCUT2D eigenvalue weighted by Crippen LogP contribution is -3.00. The molecule has 0 heterocycles. The second-order valence-electron chi connectivity index (χ2n) is 8.27. The number of unbranched alkanes of at least 4 members (excludes halogenated alkanes) is 2. The van der Waals surface area contributed by atoms with E-state index in [2.05, 4.69) is 65.3 Å². The molecule has 1 N–H and O–H groups in total. The van der Waals surface area contributed by atoms with Gasteiger partial charge >= 0.3 is 0 Å². The number of ether oxygens (including phenoxy) is 1. The highest BCUT2D eigenvalue weighted by Gasteiger charge is 2.19. The molecule has 0 aliphatic rings. The molecule has 0 bridgehead atoms. The summed E-state index contributed by atoms with van der Waals surface area (Å²) in [6.45, 7) is 11.6. The van der Waals surface area contributed by atoms with Gasteiger partial charge in [0, 0.05) is 13.0 Å². The highest BCUT2D eigenvalue weighted by atomic mass is 79.9. The number of carbonyl (C=O) groups excluding carboxylic acids is 1. The van der Waals surface area contributed by atoms with Gasteiger partial charge in [-0.3, -0.25) is 4.79 Å². The van der Waals surface area contributed by atoms with Crippen molar-refractivity contribution < 1.29 is 31.0 Å². The van der Waals surface area contributed by atoms with Gasteiger partial charge in [-0.15, -0.1) is 0 Å². The Bertz CT molecular complexity index is 559. The quantitative estimate of drug-likeness (QED) is 0.391. The highest BCUT2D eigenvalue weighted by molar-refractivity contribution is 5.76. The SMILES string of the molecule is CCCCCNC(=O)C[N+](C)(C)CCCOc1cc(C)ccc1C(C)C.[Br-]. The average molecular weight is 443 g/mol. The van der Waals surface area contributed by atoms with E-state index in [0.717, 1.165) is 31.7 Å². The zero-order valence-corrected chi connectivity index (χ0v) is 19.7. The number of nitrogens with one attached hydrogen (secondary N) is 1. The minimum absolute atomic E-state index is 0. The summed E-state index contributed by atoms with van der Waals surface area (Å²) >= 11 is 0. The van der Waals surface area contributed by atoms with Crippen molar-refractivity contribution in [3.05, 3.63) is 29.3 Å². The molecule has 0 aliphatic heterocycles. The summed E-state index contributed by atoms with van der Waals surface area (Å²) in [6.07, 6.45) is 4.35. The fourth-order valence-corrected chi connectivity index (χ4v) is 3.04. The number of rotatable bonds is 12. The van der Waals surface area contributed by atoms with Gasteiger partial charge in [-0.2, -0.15) is 0 Å². The Kier molecular flexibility index (Phi) is 12.6. The number of hydrogen-bond donors (Lipinski definition) is 1. The van der Waals surface area contributed by atoms with Crippen molar-refractivity contribution >= 4 is 5.91 Å². The van der Waals surface area contributed by atoms with Crippen LogP contribution in [-0.2, 0) is 4.79 Å². The van der Waals surface area contributed by atoms with Crippen LogP contribution in [0.3, 0.4) is 0 Å². The van der Waals surface area contributed by atoms with Gasteiger partial charge in [-0.25, -0.2) is 0 Å². The first-order valence-corrected chi connectivity index (χ1v) is 10.1. The number of benzene rings is 1. The predicted octanol–water partition coefficient (Wildman–Crippen LogP) is 1.27. The van der Waals surface area contributed by atoms with Crippen molar-refractivity contribution in [1.82, 2.24) is 5.32 Å². The molecule has 1 aromatic rings. The van der Waals surface area contributed by atoms with Crippen molar-refractivity contribution in [2.24, 2.45) is 0 Å². The molecule has 1 amide bonds. The molecule has 5 heteroatoms. The highest BCUT2D eigenvalue weighted by Crippen LogP contribution is 2.27. The van der Waals surface area contributed by atoms with E-state index in [1.54, 1.807) is 0 Å². The van der Waals surface area contributed by atoms with Gasteiger partial charge < -0.3 is 31.5 Å². The second kappa shape index (κ2) is 13.2. The third-order valence-corrected chi connectivity index (χ3v) is 4.63. The van der Waals surface area contributed by atoms with E-state index < -0.39 is 0 Å². The maximum Gasteiger partial charge on any atom is 0.275 e. The molecule has 1 aromatic carbocycles. The monoisotopic (exact) mass is 442 g/mol. The number of quaternary nitrogens is 1. The molecule has 0 unspecified atom stereocenters. The van der Waals surface area contributed by atoms with E-state index in [1.165, 1.54) is 24.0 Å². The molecule has 0 saturated carbocycles. The largest absolute Gasteiger partial charge is 1.00 e. The van der Waals surface area contributed by atoms with Crippen LogP contribution in [0.4, 0.5) is 0 Å². The Morgan fingerprint density at radius 1 is 1.19 bits per heavy atom. The van der Waals surface area contributed by atoms with E-state index in [1.807, 2.05) is 0 Å². The van der Waals surface area contributed by atoms with Gasteiger partial charge in [-0.1, -0.05) is 45.7 Å². The molecule has 0 spiro atoms. The Balaban J connectivity index is 0.00000676. The van der Waals surface area contributed by atoms with Crippen LogP contribution in [0.2, 0.25) is 0 Å². The Morgan fingerprint density at radius 3 is 2.52 bits per heavy atom.